The van der Waals surface area contributed by atoms with E-state index in [-0.39, 0.29) is 0 Å². The molecule has 2 aromatic rings. The van der Waals surface area contributed by atoms with E-state index >= 15 is 0 Å². The molecule has 2 heterocycles. The van der Waals surface area contributed by atoms with Gasteiger partial charge in [0.15, 0.2) is 0 Å². The summed E-state index contributed by atoms with van der Waals surface area (Å²) in [6.45, 7) is 3.84. The van der Waals surface area contributed by atoms with Crippen molar-refractivity contribution in [2.75, 3.05) is 6.61 Å². The molecular formula is C16H18N2O. The summed E-state index contributed by atoms with van der Waals surface area (Å²) in [5, 5.41) is 3.53. The molecule has 3 rings (SSSR count). The van der Waals surface area contributed by atoms with Gasteiger partial charge in [-0.15, -0.1) is 0 Å². The molecule has 0 amide bonds. The Labute approximate surface area is 113 Å². The first kappa shape index (κ1) is 12.2. The van der Waals surface area contributed by atoms with Gasteiger partial charge in [-0.05, 0) is 35.7 Å². The highest BCUT2D eigenvalue weighted by molar-refractivity contribution is 5.39. The van der Waals surface area contributed by atoms with Gasteiger partial charge in [-0.25, -0.2) is 0 Å². The summed E-state index contributed by atoms with van der Waals surface area (Å²) < 4.78 is 5.52. The topological polar surface area (TPSA) is 34.1 Å². The number of fused-ring (bicyclic) bond motifs is 1. The summed E-state index contributed by atoms with van der Waals surface area (Å²) in [4.78, 5) is 4.15. The normalized spacial score (nSPS) is 14.8. The maximum Gasteiger partial charge on any atom is 0.122 e. The lowest BCUT2D eigenvalue weighted by atomic mass is 10.1. The molecule has 98 valence electrons. The van der Waals surface area contributed by atoms with Gasteiger partial charge in [-0.1, -0.05) is 18.2 Å². The van der Waals surface area contributed by atoms with E-state index in [0.717, 1.165) is 25.3 Å². The summed E-state index contributed by atoms with van der Waals surface area (Å²) in [5.74, 6) is 1.05. The van der Waals surface area contributed by atoms with Crippen molar-refractivity contribution in [2.24, 2.45) is 0 Å². The lowest BCUT2D eigenvalue weighted by molar-refractivity contribution is 0.357. The van der Waals surface area contributed by atoms with Crippen LogP contribution < -0.4 is 10.1 Å². The van der Waals surface area contributed by atoms with Crippen molar-refractivity contribution in [3.05, 3.63) is 59.4 Å². The summed E-state index contributed by atoms with van der Waals surface area (Å²) in [7, 11) is 0. The fourth-order valence-corrected chi connectivity index (χ4v) is 2.37. The van der Waals surface area contributed by atoms with Gasteiger partial charge in [0.1, 0.15) is 5.75 Å². The number of ether oxygens (including phenoxy) is 1. The summed E-state index contributed by atoms with van der Waals surface area (Å²) in [6, 6.07) is 10.8. The highest BCUT2D eigenvalue weighted by atomic mass is 16.5. The van der Waals surface area contributed by atoms with Gasteiger partial charge >= 0.3 is 0 Å². The van der Waals surface area contributed by atoms with E-state index in [1.165, 1.54) is 16.7 Å². The zero-order valence-electron chi connectivity index (χ0n) is 11.1. The van der Waals surface area contributed by atoms with E-state index in [2.05, 4.69) is 41.5 Å². The number of aromatic nitrogens is 1. The third-order valence-electron chi connectivity index (χ3n) is 3.55. The molecule has 1 atom stereocenters. The van der Waals surface area contributed by atoms with Crippen LogP contribution in [0.25, 0.3) is 0 Å². The third kappa shape index (κ3) is 2.76. The van der Waals surface area contributed by atoms with Gasteiger partial charge in [0.2, 0.25) is 0 Å². The molecule has 1 N–H and O–H groups in total. The van der Waals surface area contributed by atoms with Crippen molar-refractivity contribution in [2.45, 2.75) is 25.9 Å². The van der Waals surface area contributed by atoms with Crippen LogP contribution in [-0.4, -0.2) is 11.6 Å². The Morgan fingerprint density at radius 1 is 1.37 bits per heavy atom. The van der Waals surface area contributed by atoms with E-state index in [9.17, 15) is 0 Å². The molecular weight excluding hydrogens is 236 g/mol. The number of hydrogen-bond acceptors (Lipinski definition) is 3. The van der Waals surface area contributed by atoms with Crippen LogP contribution in [0.3, 0.4) is 0 Å². The number of nitrogens with one attached hydrogen (secondary N) is 1. The van der Waals surface area contributed by atoms with Gasteiger partial charge in [-0.3, -0.25) is 4.98 Å². The minimum atomic E-state index is 0.304. The van der Waals surface area contributed by atoms with Gasteiger partial charge in [0, 0.05) is 31.4 Å². The van der Waals surface area contributed by atoms with Gasteiger partial charge < -0.3 is 10.1 Å². The molecule has 3 nitrogen and oxygen atoms in total. The molecule has 1 aromatic heterocycles. The average Bonchev–Trinajstić information content (AvgIpc) is 2.93. The maximum absolute atomic E-state index is 5.52. The van der Waals surface area contributed by atoms with Crippen molar-refractivity contribution in [1.82, 2.24) is 10.3 Å². The van der Waals surface area contributed by atoms with Gasteiger partial charge in [0.25, 0.3) is 0 Å². The van der Waals surface area contributed by atoms with Crippen LogP contribution >= 0.6 is 0 Å². The van der Waals surface area contributed by atoms with Crippen LogP contribution in [0, 0.1) is 0 Å². The SMILES string of the molecule is C[C@@H](NCc1ccc2c(c1)CCO2)c1cccnc1. The van der Waals surface area contributed by atoms with Crippen LogP contribution in [0.2, 0.25) is 0 Å². The Hall–Kier alpha value is -1.87. The molecule has 19 heavy (non-hydrogen) atoms. The molecule has 0 saturated carbocycles. The Bertz CT molecular complexity index is 554. The average molecular weight is 254 g/mol. The first-order valence-corrected chi connectivity index (χ1v) is 6.71. The number of benzene rings is 1. The van der Waals surface area contributed by atoms with Crippen LogP contribution in [0.5, 0.6) is 5.75 Å². The van der Waals surface area contributed by atoms with Gasteiger partial charge in [-0.2, -0.15) is 0 Å². The zero-order chi connectivity index (χ0) is 13.1. The van der Waals surface area contributed by atoms with Crippen LogP contribution in [0.4, 0.5) is 0 Å². The number of pyridine rings is 1. The Morgan fingerprint density at radius 2 is 2.32 bits per heavy atom. The molecule has 1 aromatic carbocycles. The number of hydrogen-bond donors (Lipinski definition) is 1. The predicted molar refractivity (Wildman–Crippen MR) is 75.1 cm³/mol. The minimum absolute atomic E-state index is 0.304. The van der Waals surface area contributed by atoms with Crippen LogP contribution in [0.1, 0.15) is 29.7 Å². The first-order valence-electron chi connectivity index (χ1n) is 6.71. The van der Waals surface area contributed by atoms with Crippen molar-refractivity contribution in [3.8, 4) is 5.75 Å². The second-order valence-electron chi connectivity index (χ2n) is 4.93. The highest BCUT2D eigenvalue weighted by Gasteiger charge is 2.12. The molecule has 3 heteroatoms. The molecule has 0 saturated heterocycles. The van der Waals surface area contributed by atoms with E-state index in [0.29, 0.717) is 6.04 Å². The molecule has 0 spiro atoms. The van der Waals surface area contributed by atoms with Gasteiger partial charge in [0.05, 0.1) is 6.61 Å². The largest absolute Gasteiger partial charge is 0.493 e. The quantitative estimate of drug-likeness (QED) is 0.911. The maximum atomic E-state index is 5.52. The zero-order valence-corrected chi connectivity index (χ0v) is 11.1. The lowest BCUT2D eigenvalue weighted by Crippen LogP contribution is -2.18. The molecule has 1 aliphatic heterocycles. The van der Waals surface area contributed by atoms with Crippen LogP contribution in [-0.2, 0) is 13.0 Å². The molecule has 0 radical (unpaired) electrons. The fraction of sp³-hybridized carbons (Fsp3) is 0.312. The summed E-state index contributed by atoms with van der Waals surface area (Å²) >= 11 is 0. The molecule has 0 unspecified atom stereocenters. The summed E-state index contributed by atoms with van der Waals surface area (Å²) in [5.41, 5.74) is 3.85. The Morgan fingerprint density at radius 3 is 3.16 bits per heavy atom. The first-order chi connectivity index (χ1) is 9.33. The van der Waals surface area contributed by atoms with Crippen LogP contribution in [0.15, 0.2) is 42.7 Å². The third-order valence-corrected chi connectivity index (χ3v) is 3.55. The molecule has 1 aliphatic rings. The smallest absolute Gasteiger partial charge is 0.122 e. The van der Waals surface area contributed by atoms with E-state index in [1.807, 2.05) is 12.3 Å². The Balaban J connectivity index is 1.63. The molecule has 0 fully saturated rings. The fourth-order valence-electron chi connectivity index (χ4n) is 2.37. The minimum Gasteiger partial charge on any atom is -0.493 e. The monoisotopic (exact) mass is 254 g/mol. The molecule has 0 aliphatic carbocycles. The number of nitrogens with zero attached hydrogens (tertiary/aromatic N) is 1. The van der Waals surface area contributed by atoms with Crippen molar-refractivity contribution in [3.63, 3.8) is 0 Å². The second kappa shape index (κ2) is 5.41. The second-order valence-corrected chi connectivity index (χ2v) is 4.93. The molecule has 0 bridgehead atoms. The van der Waals surface area contributed by atoms with E-state index in [1.54, 1.807) is 6.20 Å². The van der Waals surface area contributed by atoms with E-state index < -0.39 is 0 Å². The highest BCUT2D eigenvalue weighted by Crippen LogP contribution is 2.26. The van der Waals surface area contributed by atoms with Crippen molar-refractivity contribution in [1.29, 1.82) is 0 Å². The lowest BCUT2D eigenvalue weighted by Gasteiger charge is -2.14. The predicted octanol–water partition coefficient (Wildman–Crippen LogP) is 2.87. The van der Waals surface area contributed by atoms with Crippen molar-refractivity contribution >= 4 is 0 Å². The van der Waals surface area contributed by atoms with Crippen molar-refractivity contribution < 1.29 is 4.74 Å². The Kier molecular flexibility index (Phi) is 3.47. The van der Waals surface area contributed by atoms with E-state index in [4.69, 9.17) is 4.74 Å². The standard InChI is InChI=1S/C16H18N2O/c1-12(15-3-2-7-17-11-15)18-10-13-4-5-16-14(9-13)6-8-19-16/h2-5,7,9,11-12,18H,6,8,10H2,1H3/t12-/m1/s1. The number of rotatable bonds is 4. The summed E-state index contributed by atoms with van der Waals surface area (Å²) in [6.07, 6.45) is 4.74.